The maximum Gasteiger partial charge on any atom is 0.254 e. The van der Waals surface area contributed by atoms with Crippen molar-refractivity contribution in [2.75, 3.05) is 19.7 Å². The van der Waals surface area contributed by atoms with E-state index in [1.54, 1.807) is 18.3 Å². The zero-order valence-corrected chi connectivity index (χ0v) is 14.5. The Morgan fingerprint density at radius 2 is 2.08 bits per heavy atom. The minimum atomic E-state index is -0.446. The summed E-state index contributed by atoms with van der Waals surface area (Å²) in [4.78, 5) is 29.9. The zero-order valence-electron chi connectivity index (χ0n) is 14.5. The number of aromatic nitrogens is 1. The van der Waals surface area contributed by atoms with Crippen LogP contribution in [0.15, 0.2) is 18.3 Å². The summed E-state index contributed by atoms with van der Waals surface area (Å²) in [7, 11) is 0. The number of ether oxygens (including phenoxy) is 2. The molecule has 1 aromatic rings. The number of hydrogen-bond donors (Lipinski definition) is 1. The Morgan fingerprint density at radius 1 is 1.32 bits per heavy atom. The first-order chi connectivity index (χ1) is 12.1. The second-order valence-corrected chi connectivity index (χ2v) is 6.59. The smallest absolute Gasteiger partial charge is 0.254 e. The van der Waals surface area contributed by atoms with Crippen molar-refractivity contribution in [2.45, 2.75) is 44.8 Å². The van der Waals surface area contributed by atoms with Crippen LogP contribution in [0.3, 0.4) is 0 Å². The first-order valence-corrected chi connectivity index (χ1v) is 8.91. The number of hydrogen-bond acceptors (Lipinski definition) is 5. The van der Waals surface area contributed by atoms with Crippen LogP contribution in [0.5, 0.6) is 5.88 Å². The molecule has 0 aliphatic carbocycles. The van der Waals surface area contributed by atoms with Gasteiger partial charge >= 0.3 is 0 Å². The molecule has 2 amide bonds. The molecule has 2 aliphatic rings. The number of carbonyl (C=O) groups is 2. The largest absolute Gasteiger partial charge is 0.478 e. The van der Waals surface area contributed by atoms with Gasteiger partial charge in [0, 0.05) is 30.9 Å². The fraction of sp³-hybridized carbons (Fsp3) is 0.611. The van der Waals surface area contributed by atoms with E-state index < -0.39 is 6.10 Å². The number of rotatable bonds is 5. The number of pyridine rings is 1. The molecule has 1 aromatic heterocycles. The normalized spacial score (nSPS) is 24.3. The van der Waals surface area contributed by atoms with Crippen molar-refractivity contribution in [3.63, 3.8) is 0 Å². The molecule has 136 valence electrons. The second kappa shape index (κ2) is 7.82. The Labute approximate surface area is 147 Å². The van der Waals surface area contributed by atoms with Gasteiger partial charge in [-0.15, -0.1) is 0 Å². The van der Waals surface area contributed by atoms with Gasteiger partial charge in [-0.05, 0) is 44.6 Å². The molecule has 3 heterocycles. The topological polar surface area (TPSA) is 94.8 Å². The lowest BCUT2D eigenvalue weighted by Gasteiger charge is -2.34. The van der Waals surface area contributed by atoms with E-state index in [4.69, 9.17) is 15.2 Å². The van der Waals surface area contributed by atoms with Crippen LogP contribution in [0.1, 0.15) is 43.0 Å². The summed E-state index contributed by atoms with van der Waals surface area (Å²) in [6.07, 6.45) is 4.57. The minimum Gasteiger partial charge on any atom is -0.478 e. The summed E-state index contributed by atoms with van der Waals surface area (Å²) in [6, 6.07) is 3.41. The van der Waals surface area contributed by atoms with Crippen molar-refractivity contribution < 1.29 is 19.1 Å². The van der Waals surface area contributed by atoms with E-state index in [9.17, 15) is 9.59 Å². The SMILES string of the molecule is CCOc1cc(C(=O)N2CCC([C@@H]3CC[C@H](C(N)=O)O3)CC2)ccn1. The Hall–Kier alpha value is -2.15. The van der Waals surface area contributed by atoms with E-state index in [2.05, 4.69) is 4.98 Å². The van der Waals surface area contributed by atoms with E-state index >= 15 is 0 Å². The summed E-state index contributed by atoms with van der Waals surface area (Å²) in [5, 5.41) is 0. The van der Waals surface area contributed by atoms with Crippen molar-refractivity contribution in [1.82, 2.24) is 9.88 Å². The van der Waals surface area contributed by atoms with E-state index in [1.165, 1.54) is 0 Å². The molecule has 2 saturated heterocycles. The summed E-state index contributed by atoms with van der Waals surface area (Å²) in [5.41, 5.74) is 5.92. The molecule has 25 heavy (non-hydrogen) atoms. The Kier molecular flexibility index (Phi) is 5.53. The van der Waals surface area contributed by atoms with Crippen molar-refractivity contribution in [1.29, 1.82) is 0 Å². The summed E-state index contributed by atoms with van der Waals surface area (Å²) >= 11 is 0. The average Bonchev–Trinajstić information content (AvgIpc) is 3.12. The van der Waals surface area contributed by atoms with E-state index in [0.29, 0.717) is 43.5 Å². The van der Waals surface area contributed by atoms with Gasteiger partial charge in [-0.25, -0.2) is 4.98 Å². The lowest BCUT2D eigenvalue weighted by Crippen LogP contribution is -2.41. The maximum absolute atomic E-state index is 12.7. The van der Waals surface area contributed by atoms with Crippen LogP contribution < -0.4 is 10.5 Å². The highest BCUT2D eigenvalue weighted by molar-refractivity contribution is 5.94. The van der Waals surface area contributed by atoms with E-state index in [-0.39, 0.29) is 17.9 Å². The molecule has 0 aromatic carbocycles. The van der Waals surface area contributed by atoms with Crippen molar-refractivity contribution in [3.05, 3.63) is 23.9 Å². The molecule has 7 heteroatoms. The lowest BCUT2D eigenvalue weighted by atomic mass is 9.89. The molecule has 2 atom stereocenters. The molecule has 0 bridgehead atoms. The Bertz CT molecular complexity index is 629. The minimum absolute atomic E-state index is 0.00385. The summed E-state index contributed by atoms with van der Waals surface area (Å²) < 4.78 is 11.1. The predicted octanol–water partition coefficient (Wildman–Crippen LogP) is 1.37. The number of primary amides is 1. The van der Waals surface area contributed by atoms with E-state index in [1.807, 2.05) is 11.8 Å². The van der Waals surface area contributed by atoms with Gasteiger partial charge < -0.3 is 20.1 Å². The van der Waals surface area contributed by atoms with E-state index in [0.717, 1.165) is 19.3 Å². The monoisotopic (exact) mass is 347 g/mol. The van der Waals surface area contributed by atoms with Gasteiger partial charge in [-0.1, -0.05) is 0 Å². The summed E-state index contributed by atoms with van der Waals surface area (Å²) in [5.74, 6) is 0.479. The van der Waals surface area contributed by atoms with Gasteiger partial charge in [0.15, 0.2) is 0 Å². The van der Waals surface area contributed by atoms with Crippen molar-refractivity contribution in [2.24, 2.45) is 11.7 Å². The van der Waals surface area contributed by atoms with Gasteiger partial charge in [-0.3, -0.25) is 9.59 Å². The van der Waals surface area contributed by atoms with Crippen LogP contribution in [0.4, 0.5) is 0 Å². The van der Waals surface area contributed by atoms with Crippen LogP contribution in [-0.4, -0.2) is 53.6 Å². The predicted molar refractivity (Wildman–Crippen MR) is 91.1 cm³/mol. The highest BCUT2D eigenvalue weighted by Gasteiger charge is 2.36. The number of amides is 2. The quantitative estimate of drug-likeness (QED) is 0.868. The fourth-order valence-electron chi connectivity index (χ4n) is 3.65. The van der Waals surface area contributed by atoms with Crippen molar-refractivity contribution >= 4 is 11.8 Å². The maximum atomic E-state index is 12.7. The number of likely N-dealkylation sites (tertiary alicyclic amines) is 1. The molecule has 0 unspecified atom stereocenters. The lowest BCUT2D eigenvalue weighted by molar-refractivity contribution is -0.130. The average molecular weight is 347 g/mol. The first-order valence-electron chi connectivity index (χ1n) is 8.91. The third-order valence-corrected chi connectivity index (χ3v) is 5.00. The first kappa shape index (κ1) is 17.7. The van der Waals surface area contributed by atoms with Crippen LogP contribution in [0, 0.1) is 5.92 Å². The number of piperidine rings is 1. The van der Waals surface area contributed by atoms with Crippen LogP contribution in [-0.2, 0) is 9.53 Å². The number of nitrogens with two attached hydrogens (primary N) is 1. The molecule has 2 N–H and O–H groups in total. The zero-order chi connectivity index (χ0) is 17.8. The van der Waals surface area contributed by atoms with Gasteiger partial charge in [-0.2, -0.15) is 0 Å². The van der Waals surface area contributed by atoms with Crippen molar-refractivity contribution in [3.8, 4) is 5.88 Å². The number of nitrogens with zero attached hydrogens (tertiary/aromatic N) is 2. The molecule has 3 rings (SSSR count). The van der Waals surface area contributed by atoms with Gasteiger partial charge in [0.05, 0.1) is 12.7 Å². The highest BCUT2D eigenvalue weighted by Crippen LogP contribution is 2.32. The standard InChI is InChI=1S/C18H25N3O4/c1-2-24-16-11-13(5-8-20-16)18(23)21-9-6-12(7-10-21)14-3-4-15(25-14)17(19)22/h5,8,11-12,14-15H,2-4,6-7,9-10H2,1H3,(H2,19,22)/t14-,15+/m0/s1. The van der Waals surface area contributed by atoms with Crippen LogP contribution in [0.25, 0.3) is 0 Å². The van der Waals surface area contributed by atoms with Crippen LogP contribution >= 0.6 is 0 Å². The van der Waals surface area contributed by atoms with Crippen LogP contribution in [0.2, 0.25) is 0 Å². The third-order valence-electron chi connectivity index (χ3n) is 5.00. The van der Waals surface area contributed by atoms with Gasteiger partial charge in [0.1, 0.15) is 6.10 Å². The molecule has 0 radical (unpaired) electrons. The molecule has 7 nitrogen and oxygen atoms in total. The molecular formula is C18H25N3O4. The highest BCUT2D eigenvalue weighted by atomic mass is 16.5. The molecule has 0 spiro atoms. The van der Waals surface area contributed by atoms with Gasteiger partial charge in [0.25, 0.3) is 5.91 Å². The third kappa shape index (κ3) is 4.10. The Morgan fingerprint density at radius 3 is 2.72 bits per heavy atom. The van der Waals surface area contributed by atoms with Gasteiger partial charge in [0.2, 0.25) is 11.8 Å². The molecule has 2 aliphatic heterocycles. The number of carbonyl (C=O) groups excluding carboxylic acids is 2. The molecular weight excluding hydrogens is 322 g/mol. The second-order valence-electron chi connectivity index (χ2n) is 6.59. The summed E-state index contributed by atoms with van der Waals surface area (Å²) in [6.45, 7) is 3.78. The molecule has 0 saturated carbocycles. The Balaban J connectivity index is 1.54. The fourth-order valence-corrected chi connectivity index (χ4v) is 3.65. The molecule has 2 fully saturated rings.